The Labute approximate surface area is 137 Å². The molecule has 2 aromatic rings. The van der Waals surface area contributed by atoms with Crippen LogP contribution in [0.3, 0.4) is 0 Å². The summed E-state index contributed by atoms with van der Waals surface area (Å²) in [5.74, 6) is 0.328. The van der Waals surface area contributed by atoms with Crippen molar-refractivity contribution >= 4 is 0 Å². The van der Waals surface area contributed by atoms with Crippen LogP contribution in [-0.2, 0) is 13.1 Å². The van der Waals surface area contributed by atoms with Crippen LogP contribution in [0.15, 0.2) is 21.8 Å². The summed E-state index contributed by atoms with van der Waals surface area (Å²) in [5, 5.41) is 7.66. The van der Waals surface area contributed by atoms with Gasteiger partial charge in [-0.3, -0.25) is 14.3 Å². The van der Waals surface area contributed by atoms with E-state index < -0.39 is 17.7 Å². The molecular formula is C15H19F2N5O2. The van der Waals surface area contributed by atoms with E-state index in [4.69, 9.17) is 4.63 Å². The van der Waals surface area contributed by atoms with Crippen LogP contribution < -0.4 is 5.56 Å². The third-order valence-electron chi connectivity index (χ3n) is 4.41. The van der Waals surface area contributed by atoms with E-state index in [-0.39, 0.29) is 0 Å². The Hall–Kier alpha value is -2.16. The first-order valence-electron chi connectivity index (χ1n) is 7.88. The summed E-state index contributed by atoms with van der Waals surface area (Å²) in [6.45, 7) is 4.84. The average molecular weight is 339 g/mol. The molecule has 24 heavy (non-hydrogen) atoms. The van der Waals surface area contributed by atoms with Gasteiger partial charge in [0.25, 0.3) is 12.0 Å². The minimum atomic E-state index is -2.72. The van der Waals surface area contributed by atoms with E-state index in [9.17, 15) is 13.6 Å². The first-order valence-corrected chi connectivity index (χ1v) is 7.88. The molecule has 0 radical (unpaired) electrons. The number of likely N-dealkylation sites (tertiary alicyclic amines) is 1. The van der Waals surface area contributed by atoms with Gasteiger partial charge >= 0.3 is 0 Å². The molecule has 1 aliphatic rings. The number of hydrogen-bond donors (Lipinski definition) is 0. The standard InChI is InChI=1S/C15H19F2N5O2/c1-10-13(20-24-19-10)8-21-4-2-11(3-5-21)7-22-9-18-12(15(16)17)6-14(22)23/h6,9,11,15H,2-5,7-8H2,1H3. The number of piperidine rings is 1. The van der Waals surface area contributed by atoms with Gasteiger partial charge in [0.15, 0.2) is 0 Å². The first kappa shape index (κ1) is 16.7. The summed E-state index contributed by atoms with van der Waals surface area (Å²) in [6, 6.07) is 0.917. The molecule has 0 N–H and O–H groups in total. The third-order valence-corrected chi connectivity index (χ3v) is 4.41. The van der Waals surface area contributed by atoms with Crippen LogP contribution >= 0.6 is 0 Å². The molecule has 0 aromatic carbocycles. The Morgan fingerprint density at radius 3 is 2.67 bits per heavy atom. The summed E-state index contributed by atoms with van der Waals surface area (Å²) in [6.07, 6.45) is 0.353. The smallest absolute Gasteiger partial charge is 0.280 e. The van der Waals surface area contributed by atoms with Crippen LogP contribution in [0.25, 0.3) is 0 Å². The molecule has 3 rings (SSSR count). The zero-order chi connectivity index (χ0) is 17.1. The van der Waals surface area contributed by atoms with E-state index in [2.05, 4.69) is 20.2 Å². The van der Waals surface area contributed by atoms with Crippen molar-refractivity contribution in [1.29, 1.82) is 0 Å². The molecule has 3 heterocycles. The number of aryl methyl sites for hydroxylation is 1. The third kappa shape index (κ3) is 3.84. The van der Waals surface area contributed by atoms with Crippen molar-refractivity contribution < 1.29 is 13.4 Å². The van der Waals surface area contributed by atoms with E-state index in [1.54, 1.807) is 0 Å². The number of nitrogens with zero attached hydrogens (tertiary/aromatic N) is 5. The highest BCUT2D eigenvalue weighted by atomic mass is 19.3. The minimum absolute atomic E-state index is 0.328. The minimum Gasteiger partial charge on any atom is -0.299 e. The van der Waals surface area contributed by atoms with Crippen LogP contribution in [-0.4, -0.2) is 37.9 Å². The molecule has 0 amide bonds. The molecule has 2 aromatic heterocycles. The van der Waals surface area contributed by atoms with Gasteiger partial charge in [0.1, 0.15) is 17.1 Å². The summed E-state index contributed by atoms with van der Waals surface area (Å²) in [4.78, 5) is 17.8. The maximum atomic E-state index is 12.5. The second-order valence-electron chi connectivity index (χ2n) is 6.12. The van der Waals surface area contributed by atoms with E-state index in [0.717, 1.165) is 43.4 Å². The molecule has 130 valence electrons. The molecule has 0 aliphatic carbocycles. The molecule has 0 unspecified atom stereocenters. The van der Waals surface area contributed by atoms with Gasteiger partial charge in [0.2, 0.25) is 0 Å². The maximum absolute atomic E-state index is 12.5. The highest BCUT2D eigenvalue weighted by Gasteiger charge is 2.22. The maximum Gasteiger partial charge on any atom is 0.280 e. The molecular weight excluding hydrogens is 320 g/mol. The number of aromatic nitrogens is 4. The predicted octanol–water partition coefficient (Wildman–Crippen LogP) is 1.78. The molecule has 0 bridgehead atoms. The lowest BCUT2D eigenvalue weighted by Crippen LogP contribution is -2.36. The number of halogens is 2. The van der Waals surface area contributed by atoms with E-state index in [1.165, 1.54) is 10.9 Å². The van der Waals surface area contributed by atoms with Crippen LogP contribution in [0.5, 0.6) is 0 Å². The normalized spacial score (nSPS) is 16.8. The van der Waals surface area contributed by atoms with Crippen molar-refractivity contribution in [2.24, 2.45) is 5.92 Å². The lowest BCUT2D eigenvalue weighted by molar-refractivity contribution is 0.144. The molecule has 1 aliphatic heterocycles. The quantitative estimate of drug-likeness (QED) is 0.826. The van der Waals surface area contributed by atoms with Gasteiger partial charge in [-0.05, 0) is 38.8 Å². The number of rotatable bonds is 5. The first-order chi connectivity index (χ1) is 11.5. The fourth-order valence-electron chi connectivity index (χ4n) is 2.91. The largest absolute Gasteiger partial charge is 0.299 e. The highest BCUT2D eigenvalue weighted by molar-refractivity contribution is 5.04. The summed E-state index contributed by atoms with van der Waals surface area (Å²) in [7, 11) is 0. The van der Waals surface area contributed by atoms with Gasteiger partial charge in [-0.2, -0.15) is 0 Å². The van der Waals surface area contributed by atoms with Gasteiger partial charge in [-0.1, -0.05) is 10.3 Å². The molecule has 9 heteroatoms. The number of hydrogen-bond acceptors (Lipinski definition) is 6. The van der Waals surface area contributed by atoms with E-state index >= 15 is 0 Å². The SMILES string of the molecule is Cc1nonc1CN1CCC(Cn2cnc(C(F)F)cc2=O)CC1. The summed E-state index contributed by atoms with van der Waals surface area (Å²) >= 11 is 0. The second-order valence-corrected chi connectivity index (χ2v) is 6.12. The van der Waals surface area contributed by atoms with Crippen LogP contribution in [0.1, 0.15) is 36.3 Å². The van der Waals surface area contributed by atoms with Crippen molar-refractivity contribution in [3.63, 3.8) is 0 Å². The van der Waals surface area contributed by atoms with Crippen LogP contribution in [0, 0.1) is 12.8 Å². The van der Waals surface area contributed by atoms with Gasteiger partial charge < -0.3 is 0 Å². The van der Waals surface area contributed by atoms with Crippen molar-refractivity contribution in [2.45, 2.75) is 39.3 Å². The lowest BCUT2D eigenvalue weighted by atomic mass is 9.96. The van der Waals surface area contributed by atoms with Gasteiger partial charge in [0, 0.05) is 19.2 Å². The van der Waals surface area contributed by atoms with Crippen molar-refractivity contribution in [1.82, 2.24) is 24.8 Å². The van der Waals surface area contributed by atoms with E-state index in [1.807, 2.05) is 6.92 Å². The molecule has 0 saturated carbocycles. The number of alkyl halides is 2. The Balaban J connectivity index is 1.54. The van der Waals surface area contributed by atoms with Gasteiger partial charge in [-0.15, -0.1) is 0 Å². The van der Waals surface area contributed by atoms with Gasteiger partial charge in [0.05, 0.1) is 6.33 Å². The molecule has 0 spiro atoms. The molecule has 1 saturated heterocycles. The zero-order valence-corrected chi connectivity index (χ0v) is 13.4. The fourth-order valence-corrected chi connectivity index (χ4v) is 2.91. The zero-order valence-electron chi connectivity index (χ0n) is 13.4. The van der Waals surface area contributed by atoms with Crippen molar-refractivity contribution in [2.75, 3.05) is 13.1 Å². The molecule has 0 atom stereocenters. The highest BCUT2D eigenvalue weighted by Crippen LogP contribution is 2.20. The van der Waals surface area contributed by atoms with Crippen molar-refractivity contribution in [3.8, 4) is 0 Å². The Bertz CT molecular complexity index is 737. The van der Waals surface area contributed by atoms with Crippen molar-refractivity contribution in [3.05, 3.63) is 39.8 Å². The van der Waals surface area contributed by atoms with E-state index in [0.29, 0.717) is 19.0 Å². The Kier molecular flexibility index (Phi) is 4.98. The molecule has 1 fully saturated rings. The average Bonchev–Trinajstić information content (AvgIpc) is 2.96. The topological polar surface area (TPSA) is 77.1 Å². The lowest BCUT2D eigenvalue weighted by Gasteiger charge is -2.31. The Morgan fingerprint density at radius 2 is 2.08 bits per heavy atom. The fraction of sp³-hybridized carbons (Fsp3) is 0.600. The predicted molar refractivity (Wildman–Crippen MR) is 80.5 cm³/mol. The molecule has 7 nitrogen and oxygen atoms in total. The second kappa shape index (κ2) is 7.16. The Morgan fingerprint density at radius 1 is 1.33 bits per heavy atom. The van der Waals surface area contributed by atoms with Crippen LogP contribution in [0.4, 0.5) is 8.78 Å². The van der Waals surface area contributed by atoms with Crippen LogP contribution in [0.2, 0.25) is 0 Å². The summed E-state index contributed by atoms with van der Waals surface area (Å²) in [5.41, 5.74) is 0.750. The van der Waals surface area contributed by atoms with Gasteiger partial charge in [-0.25, -0.2) is 18.4 Å². The summed E-state index contributed by atoms with van der Waals surface area (Å²) < 4.78 is 31.2. The monoisotopic (exact) mass is 339 g/mol.